The van der Waals surface area contributed by atoms with E-state index in [-0.39, 0.29) is 17.7 Å². The van der Waals surface area contributed by atoms with Gasteiger partial charge in [0.25, 0.3) is 0 Å². The Morgan fingerprint density at radius 2 is 2.13 bits per heavy atom. The first-order valence-corrected chi connectivity index (χ1v) is 8.82. The Morgan fingerprint density at radius 3 is 2.83 bits per heavy atom. The fourth-order valence-corrected chi connectivity index (χ4v) is 3.35. The van der Waals surface area contributed by atoms with Crippen molar-refractivity contribution in [3.63, 3.8) is 0 Å². The normalized spacial score (nSPS) is 20.2. The van der Waals surface area contributed by atoms with Gasteiger partial charge in [0, 0.05) is 25.6 Å². The maximum atomic E-state index is 12.0. The summed E-state index contributed by atoms with van der Waals surface area (Å²) in [5, 5.41) is 12.4. The number of likely N-dealkylation sites (tertiary alicyclic amines) is 1. The minimum atomic E-state index is 0.140. The van der Waals surface area contributed by atoms with E-state index < -0.39 is 0 Å². The Hall–Kier alpha value is -1.55. The summed E-state index contributed by atoms with van der Waals surface area (Å²) in [6, 6.07) is 7.41. The van der Waals surface area contributed by atoms with Crippen molar-refractivity contribution in [3.8, 4) is 5.75 Å². The highest BCUT2D eigenvalue weighted by atomic mass is 16.3. The lowest BCUT2D eigenvalue weighted by atomic mass is 10.00. The number of piperidine rings is 1. The van der Waals surface area contributed by atoms with E-state index in [0.717, 1.165) is 44.0 Å². The second-order valence-electron chi connectivity index (χ2n) is 7.00. The van der Waals surface area contributed by atoms with E-state index >= 15 is 0 Å². The van der Waals surface area contributed by atoms with Gasteiger partial charge in [0.2, 0.25) is 5.91 Å². The van der Waals surface area contributed by atoms with E-state index in [1.54, 1.807) is 12.1 Å². The quantitative estimate of drug-likeness (QED) is 0.813. The van der Waals surface area contributed by atoms with Crippen LogP contribution in [0.5, 0.6) is 5.75 Å². The Balaban J connectivity index is 1.62. The number of aromatic hydroxyl groups is 1. The minimum Gasteiger partial charge on any atom is -0.508 e. The summed E-state index contributed by atoms with van der Waals surface area (Å²) >= 11 is 0. The van der Waals surface area contributed by atoms with Crippen LogP contribution in [0, 0.1) is 5.92 Å². The van der Waals surface area contributed by atoms with E-state index in [1.165, 1.54) is 12.8 Å². The number of nitrogens with zero attached hydrogens (tertiary/aromatic N) is 1. The van der Waals surface area contributed by atoms with E-state index in [0.29, 0.717) is 6.42 Å². The standard InChI is InChI=1S/C19H30N2O2/c1-15-5-4-12-21(13-15)14-16(2)20-19(23)7-3-6-17-8-10-18(22)11-9-17/h8-11,15-16,22H,3-7,12-14H2,1-2H3,(H,20,23)/t15-,16-/m0/s1. The molecule has 2 atom stereocenters. The number of amides is 1. The van der Waals surface area contributed by atoms with Crippen LogP contribution >= 0.6 is 0 Å². The molecular formula is C19H30N2O2. The van der Waals surface area contributed by atoms with Crippen molar-refractivity contribution >= 4 is 5.91 Å². The number of aryl methyl sites for hydroxylation is 1. The van der Waals surface area contributed by atoms with Crippen molar-refractivity contribution in [2.24, 2.45) is 5.92 Å². The van der Waals surface area contributed by atoms with E-state index in [1.807, 2.05) is 12.1 Å². The number of carbonyl (C=O) groups is 1. The Kier molecular flexibility index (Phi) is 6.90. The fraction of sp³-hybridized carbons (Fsp3) is 0.632. The zero-order valence-electron chi connectivity index (χ0n) is 14.4. The van der Waals surface area contributed by atoms with Crippen LogP contribution < -0.4 is 5.32 Å². The predicted octanol–water partition coefficient (Wildman–Crippen LogP) is 2.95. The number of rotatable bonds is 7. The summed E-state index contributed by atoms with van der Waals surface area (Å²) in [6.07, 6.45) is 4.86. The molecule has 1 aromatic carbocycles. The highest BCUT2D eigenvalue weighted by Gasteiger charge is 2.18. The molecule has 0 aliphatic carbocycles. The van der Waals surface area contributed by atoms with E-state index in [4.69, 9.17) is 0 Å². The van der Waals surface area contributed by atoms with Gasteiger partial charge in [-0.25, -0.2) is 0 Å². The first-order valence-electron chi connectivity index (χ1n) is 8.82. The molecule has 4 heteroatoms. The third-order valence-electron chi connectivity index (χ3n) is 4.49. The Bertz CT molecular complexity index is 487. The van der Waals surface area contributed by atoms with Gasteiger partial charge in [-0.3, -0.25) is 4.79 Å². The molecular weight excluding hydrogens is 288 g/mol. The van der Waals surface area contributed by atoms with E-state index in [9.17, 15) is 9.90 Å². The molecule has 1 fully saturated rings. The number of hydrogen-bond donors (Lipinski definition) is 2. The van der Waals surface area contributed by atoms with Gasteiger partial charge < -0.3 is 15.3 Å². The van der Waals surface area contributed by atoms with Gasteiger partial charge in [0.05, 0.1) is 0 Å². The zero-order chi connectivity index (χ0) is 16.7. The highest BCUT2D eigenvalue weighted by molar-refractivity contribution is 5.76. The molecule has 1 aliphatic heterocycles. The molecule has 1 aromatic rings. The van der Waals surface area contributed by atoms with Crippen LogP contribution in [-0.4, -0.2) is 41.6 Å². The minimum absolute atomic E-state index is 0.140. The van der Waals surface area contributed by atoms with Crippen molar-refractivity contribution in [1.82, 2.24) is 10.2 Å². The molecule has 0 unspecified atom stereocenters. The predicted molar refractivity (Wildman–Crippen MR) is 93.5 cm³/mol. The second kappa shape index (κ2) is 8.92. The Labute approximate surface area is 139 Å². The number of phenolic OH excluding ortho intramolecular Hbond substituents is 1. The van der Waals surface area contributed by atoms with Crippen molar-refractivity contribution in [1.29, 1.82) is 0 Å². The number of nitrogens with one attached hydrogen (secondary N) is 1. The molecule has 1 aliphatic rings. The first-order chi connectivity index (χ1) is 11.0. The van der Waals surface area contributed by atoms with Gasteiger partial charge in [-0.1, -0.05) is 19.1 Å². The maximum Gasteiger partial charge on any atom is 0.220 e. The smallest absolute Gasteiger partial charge is 0.220 e. The molecule has 0 spiro atoms. The lowest BCUT2D eigenvalue weighted by Crippen LogP contribution is -2.45. The molecule has 1 saturated heterocycles. The van der Waals surface area contributed by atoms with Crippen LogP contribution in [0.1, 0.15) is 45.1 Å². The lowest BCUT2D eigenvalue weighted by Gasteiger charge is -2.32. The number of carbonyl (C=O) groups excluding carboxylic acids is 1. The highest BCUT2D eigenvalue weighted by Crippen LogP contribution is 2.15. The van der Waals surface area contributed by atoms with Crippen LogP contribution in [0.25, 0.3) is 0 Å². The van der Waals surface area contributed by atoms with Gasteiger partial charge in [0.1, 0.15) is 5.75 Å². The third kappa shape index (κ3) is 6.61. The molecule has 1 amide bonds. The largest absolute Gasteiger partial charge is 0.508 e. The molecule has 128 valence electrons. The molecule has 0 aromatic heterocycles. The fourth-order valence-electron chi connectivity index (χ4n) is 3.35. The molecule has 2 rings (SSSR count). The van der Waals surface area contributed by atoms with Crippen molar-refractivity contribution < 1.29 is 9.90 Å². The molecule has 1 heterocycles. The van der Waals surface area contributed by atoms with Crippen molar-refractivity contribution in [2.75, 3.05) is 19.6 Å². The molecule has 23 heavy (non-hydrogen) atoms. The SMILES string of the molecule is C[C@H]1CCCN(C[C@H](C)NC(=O)CCCc2ccc(O)cc2)C1. The van der Waals surface area contributed by atoms with Gasteiger partial charge in [-0.2, -0.15) is 0 Å². The monoisotopic (exact) mass is 318 g/mol. The van der Waals surface area contributed by atoms with Gasteiger partial charge in [0.15, 0.2) is 0 Å². The molecule has 0 radical (unpaired) electrons. The lowest BCUT2D eigenvalue weighted by molar-refractivity contribution is -0.121. The molecule has 0 saturated carbocycles. The number of phenols is 1. The summed E-state index contributed by atoms with van der Waals surface area (Å²) in [4.78, 5) is 14.5. The summed E-state index contributed by atoms with van der Waals surface area (Å²) in [7, 11) is 0. The Morgan fingerprint density at radius 1 is 1.39 bits per heavy atom. The third-order valence-corrected chi connectivity index (χ3v) is 4.49. The summed E-state index contributed by atoms with van der Waals surface area (Å²) < 4.78 is 0. The topological polar surface area (TPSA) is 52.6 Å². The van der Waals surface area contributed by atoms with Crippen LogP contribution in [0.2, 0.25) is 0 Å². The molecule has 2 N–H and O–H groups in total. The number of benzene rings is 1. The van der Waals surface area contributed by atoms with Crippen molar-refractivity contribution in [3.05, 3.63) is 29.8 Å². The number of hydrogen-bond acceptors (Lipinski definition) is 3. The van der Waals surface area contributed by atoms with Gasteiger partial charge >= 0.3 is 0 Å². The first kappa shape index (κ1) is 17.8. The van der Waals surface area contributed by atoms with Crippen molar-refractivity contribution in [2.45, 2.75) is 52.0 Å². The van der Waals surface area contributed by atoms with Crippen LogP contribution in [0.3, 0.4) is 0 Å². The van der Waals surface area contributed by atoms with Crippen LogP contribution in [0.15, 0.2) is 24.3 Å². The molecule has 4 nitrogen and oxygen atoms in total. The summed E-state index contributed by atoms with van der Waals surface area (Å²) in [6.45, 7) is 7.66. The van der Waals surface area contributed by atoms with Gasteiger partial charge in [-0.05, 0) is 62.8 Å². The van der Waals surface area contributed by atoms with E-state index in [2.05, 4.69) is 24.1 Å². The maximum absolute atomic E-state index is 12.0. The van der Waals surface area contributed by atoms with Gasteiger partial charge in [-0.15, -0.1) is 0 Å². The molecule has 0 bridgehead atoms. The summed E-state index contributed by atoms with van der Waals surface area (Å²) in [5.41, 5.74) is 1.16. The van der Waals surface area contributed by atoms with Crippen LogP contribution in [0.4, 0.5) is 0 Å². The summed E-state index contributed by atoms with van der Waals surface area (Å²) in [5.74, 6) is 1.20. The zero-order valence-corrected chi connectivity index (χ0v) is 14.4. The second-order valence-corrected chi connectivity index (χ2v) is 7.00. The van der Waals surface area contributed by atoms with Crippen LogP contribution in [-0.2, 0) is 11.2 Å². The average molecular weight is 318 g/mol. The average Bonchev–Trinajstić information content (AvgIpc) is 2.49.